The van der Waals surface area contributed by atoms with Crippen molar-refractivity contribution in [2.24, 2.45) is 5.14 Å². The number of nitrogens with two attached hydrogens (primary N) is 1. The van der Waals surface area contributed by atoms with Crippen LogP contribution in [0, 0.1) is 0 Å². The molecule has 0 spiro atoms. The number of primary sulfonamides is 1. The monoisotopic (exact) mass is 256 g/mol. The van der Waals surface area contributed by atoms with Gasteiger partial charge in [-0.25, -0.2) is 13.6 Å². The van der Waals surface area contributed by atoms with Crippen molar-refractivity contribution < 1.29 is 8.42 Å². The predicted octanol–water partition coefficient (Wildman–Crippen LogP) is 2.20. The highest BCUT2D eigenvalue weighted by Crippen LogP contribution is 2.29. The first-order chi connectivity index (χ1) is 7.77. The topological polar surface area (TPSA) is 73.0 Å². The zero-order valence-electron chi connectivity index (χ0n) is 10.6. The fourth-order valence-electron chi connectivity index (χ4n) is 1.71. The van der Waals surface area contributed by atoms with Gasteiger partial charge in [0.2, 0.25) is 10.0 Å². The molecule has 4 nitrogen and oxygen atoms in total. The maximum Gasteiger partial charge on any atom is 0.239 e. The van der Waals surface area contributed by atoms with E-state index in [4.69, 9.17) is 5.14 Å². The summed E-state index contributed by atoms with van der Waals surface area (Å²) in [6.07, 6.45) is 6.22. The molecule has 0 aliphatic carbocycles. The fourth-order valence-corrected chi connectivity index (χ4v) is 2.21. The van der Waals surface area contributed by atoms with Gasteiger partial charge in [-0.2, -0.15) is 0 Å². The van der Waals surface area contributed by atoms with E-state index < -0.39 is 10.0 Å². The Morgan fingerprint density at radius 2 is 2.00 bits per heavy atom. The molecule has 1 heterocycles. The first-order valence-electron chi connectivity index (χ1n) is 5.75. The molecule has 1 aromatic rings. The van der Waals surface area contributed by atoms with E-state index in [0.29, 0.717) is 0 Å². The summed E-state index contributed by atoms with van der Waals surface area (Å²) in [6, 6.07) is 1.62. The largest absolute Gasteiger partial charge is 0.263 e. The molecular weight excluding hydrogens is 236 g/mol. The minimum atomic E-state index is -3.67. The molecule has 0 aliphatic heterocycles. The van der Waals surface area contributed by atoms with E-state index in [2.05, 4.69) is 25.8 Å². The summed E-state index contributed by atoms with van der Waals surface area (Å²) in [6.45, 7) is 6.31. The normalized spacial score (nSPS) is 12.7. The molecule has 0 atom stereocenters. The molecule has 0 aliphatic rings. The van der Waals surface area contributed by atoms with Crippen LogP contribution in [0.4, 0.5) is 0 Å². The first kappa shape index (κ1) is 14.1. The summed E-state index contributed by atoms with van der Waals surface area (Å²) in [5, 5.41) is 5.10. The van der Waals surface area contributed by atoms with E-state index in [1.165, 1.54) is 6.20 Å². The van der Waals surface area contributed by atoms with E-state index >= 15 is 0 Å². The quantitative estimate of drug-likeness (QED) is 0.877. The third-order valence-corrected chi connectivity index (χ3v) is 3.86. The zero-order valence-corrected chi connectivity index (χ0v) is 11.4. The number of unbranched alkanes of at least 4 members (excludes halogenated alkanes) is 1. The van der Waals surface area contributed by atoms with Gasteiger partial charge in [0.25, 0.3) is 0 Å². The van der Waals surface area contributed by atoms with Gasteiger partial charge in [0.05, 0.1) is 0 Å². The van der Waals surface area contributed by atoms with Crippen molar-refractivity contribution in [2.75, 3.05) is 0 Å². The summed E-state index contributed by atoms with van der Waals surface area (Å²) in [5.41, 5.74) is 0.835. The van der Waals surface area contributed by atoms with Gasteiger partial charge in [-0.1, -0.05) is 33.6 Å². The molecule has 0 saturated heterocycles. The number of aromatic nitrogens is 1. The lowest BCUT2D eigenvalue weighted by molar-refractivity contribution is 0.455. The van der Waals surface area contributed by atoms with Crippen molar-refractivity contribution in [1.29, 1.82) is 0 Å². The van der Waals surface area contributed by atoms with Gasteiger partial charge in [0.1, 0.15) is 4.90 Å². The lowest BCUT2D eigenvalue weighted by atomic mass is 9.81. The molecule has 96 valence electrons. The Labute approximate surface area is 103 Å². The number of hydrogen-bond donors (Lipinski definition) is 1. The van der Waals surface area contributed by atoms with Crippen molar-refractivity contribution in [3.63, 3.8) is 0 Å². The van der Waals surface area contributed by atoms with Crippen LogP contribution in [0.3, 0.4) is 0 Å². The Hall–Kier alpha value is -0.940. The maximum absolute atomic E-state index is 11.3. The van der Waals surface area contributed by atoms with Crippen molar-refractivity contribution in [1.82, 2.24) is 4.98 Å². The Kier molecular flexibility index (Phi) is 4.27. The number of sulfonamides is 1. The third kappa shape index (κ3) is 3.78. The molecular formula is C12H20N2O2S. The average Bonchev–Trinajstić information content (AvgIpc) is 2.25. The minimum absolute atomic E-state index is 0.0797. The molecule has 1 aromatic heterocycles. The summed E-state index contributed by atoms with van der Waals surface area (Å²) >= 11 is 0. The molecule has 17 heavy (non-hydrogen) atoms. The Morgan fingerprint density at radius 3 is 2.53 bits per heavy atom. The molecule has 1 rings (SSSR count). The van der Waals surface area contributed by atoms with Gasteiger partial charge in [0.15, 0.2) is 0 Å². The van der Waals surface area contributed by atoms with Gasteiger partial charge >= 0.3 is 0 Å². The highest BCUT2D eigenvalue weighted by Gasteiger charge is 2.22. The molecule has 0 saturated carbocycles. The summed E-state index contributed by atoms with van der Waals surface area (Å²) in [7, 11) is -3.67. The Balaban J connectivity index is 3.07. The van der Waals surface area contributed by atoms with Crippen molar-refractivity contribution in [2.45, 2.75) is 50.3 Å². The smallest absolute Gasteiger partial charge is 0.239 e. The van der Waals surface area contributed by atoms with Crippen molar-refractivity contribution in [3.8, 4) is 0 Å². The SMILES string of the molecule is CCCCC(C)(C)c1cncc(S(N)(=O)=O)c1. The Bertz CT molecular complexity index is 481. The second-order valence-electron chi connectivity index (χ2n) is 4.94. The molecule has 2 N–H and O–H groups in total. The molecule has 0 bridgehead atoms. The van der Waals surface area contributed by atoms with E-state index in [1.54, 1.807) is 12.3 Å². The predicted molar refractivity (Wildman–Crippen MR) is 68.2 cm³/mol. The lowest BCUT2D eigenvalue weighted by Gasteiger charge is -2.25. The van der Waals surface area contributed by atoms with Crippen molar-refractivity contribution in [3.05, 3.63) is 24.0 Å². The summed E-state index contributed by atoms with van der Waals surface area (Å²) < 4.78 is 22.5. The van der Waals surface area contributed by atoms with Gasteiger partial charge in [-0.3, -0.25) is 4.98 Å². The van der Waals surface area contributed by atoms with Crippen LogP contribution in [0.15, 0.2) is 23.4 Å². The van der Waals surface area contributed by atoms with E-state index in [0.717, 1.165) is 24.8 Å². The van der Waals surface area contributed by atoms with Gasteiger partial charge in [-0.05, 0) is 23.5 Å². The van der Waals surface area contributed by atoms with E-state index in [1.807, 2.05) is 0 Å². The van der Waals surface area contributed by atoms with Crippen LogP contribution < -0.4 is 5.14 Å². The summed E-state index contributed by atoms with van der Waals surface area (Å²) in [5.74, 6) is 0. The molecule has 0 amide bonds. The lowest BCUT2D eigenvalue weighted by Crippen LogP contribution is -2.19. The maximum atomic E-state index is 11.3. The molecule has 0 radical (unpaired) electrons. The molecule has 0 aromatic carbocycles. The van der Waals surface area contributed by atoms with Crippen LogP contribution in [-0.4, -0.2) is 13.4 Å². The number of rotatable bonds is 5. The minimum Gasteiger partial charge on any atom is -0.263 e. The second kappa shape index (κ2) is 5.14. The average molecular weight is 256 g/mol. The molecule has 0 fully saturated rings. The van der Waals surface area contributed by atoms with Gasteiger partial charge in [0, 0.05) is 12.4 Å². The van der Waals surface area contributed by atoms with E-state index in [-0.39, 0.29) is 10.3 Å². The fraction of sp³-hybridized carbons (Fsp3) is 0.583. The second-order valence-corrected chi connectivity index (χ2v) is 6.50. The zero-order chi connectivity index (χ0) is 13.1. The highest BCUT2D eigenvalue weighted by molar-refractivity contribution is 7.89. The number of nitrogens with zero attached hydrogens (tertiary/aromatic N) is 1. The van der Waals surface area contributed by atoms with Crippen LogP contribution >= 0.6 is 0 Å². The van der Waals surface area contributed by atoms with Crippen LogP contribution in [-0.2, 0) is 15.4 Å². The summed E-state index contributed by atoms with van der Waals surface area (Å²) in [4.78, 5) is 4.05. The van der Waals surface area contributed by atoms with Crippen molar-refractivity contribution >= 4 is 10.0 Å². The molecule has 5 heteroatoms. The van der Waals surface area contributed by atoms with Crippen LogP contribution in [0.5, 0.6) is 0 Å². The highest BCUT2D eigenvalue weighted by atomic mass is 32.2. The van der Waals surface area contributed by atoms with Crippen LogP contribution in [0.2, 0.25) is 0 Å². The Morgan fingerprint density at radius 1 is 1.35 bits per heavy atom. The molecule has 0 unspecified atom stereocenters. The van der Waals surface area contributed by atoms with Crippen LogP contribution in [0.1, 0.15) is 45.6 Å². The standard InChI is InChI=1S/C12H20N2O2S/c1-4-5-6-12(2,3)10-7-11(9-14-8-10)17(13,15)16/h7-9H,4-6H2,1-3H3,(H2,13,15,16). The van der Waals surface area contributed by atoms with E-state index in [9.17, 15) is 8.42 Å². The van der Waals surface area contributed by atoms with Gasteiger partial charge < -0.3 is 0 Å². The first-order valence-corrected chi connectivity index (χ1v) is 7.30. The van der Waals surface area contributed by atoms with Crippen LogP contribution in [0.25, 0.3) is 0 Å². The number of hydrogen-bond acceptors (Lipinski definition) is 3. The van der Waals surface area contributed by atoms with Gasteiger partial charge in [-0.15, -0.1) is 0 Å². The third-order valence-electron chi connectivity index (χ3n) is 2.98. The number of pyridine rings is 1.